The number of hydrogen-bond acceptors (Lipinski definition) is 2. The first-order chi connectivity index (χ1) is 10.8. The van der Waals surface area contributed by atoms with Crippen molar-refractivity contribution < 1.29 is 22.8 Å². The summed E-state index contributed by atoms with van der Waals surface area (Å²) in [5.41, 5.74) is -1.85. The zero-order chi connectivity index (χ0) is 16.7. The molecule has 0 bridgehead atoms. The summed E-state index contributed by atoms with van der Waals surface area (Å²) in [6.45, 7) is 1.30. The second-order valence-corrected chi connectivity index (χ2v) is 6.11. The van der Waals surface area contributed by atoms with E-state index >= 15 is 0 Å². The van der Waals surface area contributed by atoms with Crippen LogP contribution < -0.4 is 5.32 Å². The van der Waals surface area contributed by atoms with Crippen molar-refractivity contribution in [3.63, 3.8) is 0 Å². The van der Waals surface area contributed by atoms with Crippen LogP contribution in [-0.2, 0) is 15.8 Å². The minimum absolute atomic E-state index is 0.0605. The van der Waals surface area contributed by atoms with Crippen molar-refractivity contribution in [3.8, 4) is 0 Å². The van der Waals surface area contributed by atoms with Gasteiger partial charge in [-0.05, 0) is 43.9 Å². The summed E-state index contributed by atoms with van der Waals surface area (Å²) in [7, 11) is 0. The number of amides is 2. The molecule has 0 unspecified atom stereocenters. The molecule has 1 saturated heterocycles. The van der Waals surface area contributed by atoms with E-state index < -0.39 is 23.1 Å². The summed E-state index contributed by atoms with van der Waals surface area (Å²) >= 11 is 0. The molecule has 1 N–H and O–H groups in total. The van der Waals surface area contributed by atoms with Crippen LogP contribution in [0.15, 0.2) is 24.3 Å². The fourth-order valence-corrected chi connectivity index (χ4v) is 2.91. The average Bonchev–Trinajstić information content (AvgIpc) is 3.13. The average molecular weight is 326 g/mol. The number of benzene rings is 1. The molecule has 4 nitrogen and oxygen atoms in total. The monoisotopic (exact) mass is 326 g/mol. The molecular weight excluding hydrogens is 309 g/mol. The number of nitrogens with one attached hydrogen (secondary N) is 1. The van der Waals surface area contributed by atoms with Gasteiger partial charge in [0.15, 0.2) is 0 Å². The van der Waals surface area contributed by atoms with E-state index in [0.29, 0.717) is 25.9 Å². The SMILES string of the molecule is O=C(Nc1cccc(C(F)(F)F)c1)C1(C(=O)N2CCCC2)CC1. The van der Waals surface area contributed by atoms with Crippen LogP contribution in [0.4, 0.5) is 18.9 Å². The molecule has 0 aromatic heterocycles. The Kier molecular flexibility index (Phi) is 3.82. The summed E-state index contributed by atoms with van der Waals surface area (Å²) in [5, 5.41) is 2.48. The Morgan fingerprint density at radius 1 is 1.13 bits per heavy atom. The topological polar surface area (TPSA) is 49.4 Å². The molecule has 23 heavy (non-hydrogen) atoms. The molecule has 0 radical (unpaired) electrons. The number of carbonyl (C=O) groups excluding carboxylic acids is 2. The highest BCUT2D eigenvalue weighted by Crippen LogP contribution is 2.48. The molecule has 2 fully saturated rings. The van der Waals surface area contributed by atoms with Crippen molar-refractivity contribution in [2.75, 3.05) is 18.4 Å². The minimum atomic E-state index is -4.47. The smallest absolute Gasteiger partial charge is 0.342 e. The van der Waals surface area contributed by atoms with Gasteiger partial charge in [0.05, 0.1) is 5.56 Å². The molecule has 1 aromatic rings. The van der Waals surface area contributed by atoms with Gasteiger partial charge < -0.3 is 10.2 Å². The molecular formula is C16H17F3N2O2. The van der Waals surface area contributed by atoms with Crippen LogP contribution >= 0.6 is 0 Å². The summed E-state index contributed by atoms with van der Waals surface area (Å²) in [4.78, 5) is 26.6. The lowest BCUT2D eigenvalue weighted by Gasteiger charge is -2.22. The maximum absolute atomic E-state index is 12.7. The van der Waals surface area contributed by atoms with Gasteiger partial charge in [0.1, 0.15) is 5.41 Å². The number of halogens is 3. The number of likely N-dealkylation sites (tertiary alicyclic amines) is 1. The molecule has 1 heterocycles. The van der Waals surface area contributed by atoms with E-state index in [0.717, 1.165) is 25.0 Å². The maximum atomic E-state index is 12.7. The van der Waals surface area contributed by atoms with Crippen molar-refractivity contribution in [1.82, 2.24) is 4.90 Å². The van der Waals surface area contributed by atoms with Crippen LogP contribution in [0.25, 0.3) is 0 Å². The standard InChI is InChI=1S/C16H17F3N2O2/c17-16(18,19)11-4-3-5-12(10-11)20-13(22)15(6-7-15)14(23)21-8-1-2-9-21/h3-5,10H,1-2,6-9H2,(H,20,22). The minimum Gasteiger partial charge on any atom is -0.342 e. The first kappa shape index (κ1) is 15.8. The van der Waals surface area contributed by atoms with Crippen molar-refractivity contribution in [3.05, 3.63) is 29.8 Å². The van der Waals surface area contributed by atoms with Crippen LogP contribution in [0.5, 0.6) is 0 Å². The maximum Gasteiger partial charge on any atom is 0.416 e. The first-order valence-corrected chi connectivity index (χ1v) is 7.61. The van der Waals surface area contributed by atoms with Gasteiger partial charge in [-0.25, -0.2) is 0 Å². The lowest BCUT2D eigenvalue weighted by atomic mass is 10.0. The summed E-state index contributed by atoms with van der Waals surface area (Å²) in [6, 6.07) is 4.45. The van der Waals surface area contributed by atoms with Crippen LogP contribution in [-0.4, -0.2) is 29.8 Å². The van der Waals surface area contributed by atoms with E-state index in [1.165, 1.54) is 12.1 Å². The Hall–Kier alpha value is -2.05. The Bertz CT molecular complexity index is 632. The molecule has 3 rings (SSSR count). The third kappa shape index (κ3) is 3.04. The first-order valence-electron chi connectivity index (χ1n) is 7.61. The van der Waals surface area contributed by atoms with E-state index in [-0.39, 0.29) is 11.6 Å². The highest BCUT2D eigenvalue weighted by atomic mass is 19.4. The van der Waals surface area contributed by atoms with Crippen LogP contribution in [0, 0.1) is 5.41 Å². The van der Waals surface area contributed by atoms with Gasteiger partial charge in [0.25, 0.3) is 0 Å². The summed E-state index contributed by atoms with van der Waals surface area (Å²) in [5.74, 6) is -0.701. The number of anilines is 1. The number of nitrogens with zero attached hydrogens (tertiary/aromatic N) is 1. The van der Waals surface area contributed by atoms with Gasteiger partial charge in [0.2, 0.25) is 11.8 Å². The van der Waals surface area contributed by atoms with E-state index in [1.807, 2.05) is 0 Å². The lowest BCUT2D eigenvalue weighted by molar-refractivity contribution is -0.141. The Morgan fingerprint density at radius 3 is 2.35 bits per heavy atom. The van der Waals surface area contributed by atoms with E-state index in [1.54, 1.807) is 4.90 Å². The summed E-state index contributed by atoms with van der Waals surface area (Å²) < 4.78 is 38.1. The van der Waals surface area contributed by atoms with Crippen molar-refractivity contribution >= 4 is 17.5 Å². The normalized spacial score (nSPS) is 19.5. The zero-order valence-electron chi connectivity index (χ0n) is 12.4. The van der Waals surface area contributed by atoms with Crippen LogP contribution in [0.3, 0.4) is 0 Å². The van der Waals surface area contributed by atoms with Gasteiger partial charge in [-0.15, -0.1) is 0 Å². The molecule has 2 aliphatic rings. The fourth-order valence-electron chi connectivity index (χ4n) is 2.91. The molecule has 1 saturated carbocycles. The Morgan fingerprint density at radius 2 is 1.78 bits per heavy atom. The van der Waals surface area contributed by atoms with Crippen molar-refractivity contribution in [2.24, 2.45) is 5.41 Å². The zero-order valence-corrected chi connectivity index (χ0v) is 12.4. The molecule has 1 aliphatic heterocycles. The third-order valence-corrected chi connectivity index (χ3v) is 4.44. The third-order valence-electron chi connectivity index (χ3n) is 4.44. The molecule has 0 atom stereocenters. The van der Waals surface area contributed by atoms with Gasteiger partial charge >= 0.3 is 6.18 Å². The molecule has 1 aromatic carbocycles. The predicted molar refractivity (Wildman–Crippen MR) is 77.6 cm³/mol. The molecule has 124 valence electrons. The van der Waals surface area contributed by atoms with Crippen LogP contribution in [0.2, 0.25) is 0 Å². The van der Waals surface area contributed by atoms with Gasteiger partial charge in [-0.3, -0.25) is 9.59 Å². The number of carbonyl (C=O) groups is 2. The molecule has 0 spiro atoms. The second kappa shape index (κ2) is 5.54. The van der Waals surface area contributed by atoms with Gasteiger partial charge in [-0.1, -0.05) is 6.07 Å². The van der Waals surface area contributed by atoms with Crippen molar-refractivity contribution in [1.29, 1.82) is 0 Å². The molecule has 2 amide bonds. The van der Waals surface area contributed by atoms with Crippen molar-refractivity contribution in [2.45, 2.75) is 31.9 Å². The quantitative estimate of drug-likeness (QED) is 0.868. The van der Waals surface area contributed by atoms with E-state index in [4.69, 9.17) is 0 Å². The Labute approximate surface area is 131 Å². The second-order valence-electron chi connectivity index (χ2n) is 6.11. The highest BCUT2D eigenvalue weighted by Gasteiger charge is 2.58. The largest absolute Gasteiger partial charge is 0.416 e. The predicted octanol–water partition coefficient (Wildman–Crippen LogP) is 3.05. The fraction of sp³-hybridized carbons (Fsp3) is 0.500. The van der Waals surface area contributed by atoms with Gasteiger partial charge in [0, 0.05) is 18.8 Å². The summed E-state index contributed by atoms with van der Waals surface area (Å²) in [6.07, 6.45) is -1.71. The number of hydrogen-bond donors (Lipinski definition) is 1. The lowest BCUT2D eigenvalue weighted by Crippen LogP contribution is -2.41. The Balaban J connectivity index is 1.73. The number of alkyl halides is 3. The van der Waals surface area contributed by atoms with E-state index in [2.05, 4.69) is 5.32 Å². The molecule has 1 aliphatic carbocycles. The molecule has 7 heteroatoms. The van der Waals surface area contributed by atoms with Crippen LogP contribution in [0.1, 0.15) is 31.2 Å². The van der Waals surface area contributed by atoms with E-state index in [9.17, 15) is 22.8 Å². The van der Waals surface area contributed by atoms with Gasteiger partial charge in [-0.2, -0.15) is 13.2 Å². The number of rotatable bonds is 3. The highest BCUT2D eigenvalue weighted by molar-refractivity contribution is 6.13.